The summed E-state index contributed by atoms with van der Waals surface area (Å²) in [5, 5.41) is 0. The molecular weight excluding hydrogens is 157 g/mol. The molecule has 0 atom stereocenters. The first-order valence-electron chi connectivity index (χ1n) is 4.01. The maximum Gasteiger partial charge on any atom is 0.147 e. The summed E-state index contributed by atoms with van der Waals surface area (Å²) in [5.74, 6) is -0.298. The van der Waals surface area contributed by atoms with E-state index < -0.39 is 0 Å². The van der Waals surface area contributed by atoms with Crippen molar-refractivity contribution in [3.8, 4) is 0 Å². The molecule has 0 fully saturated rings. The molecule has 0 N–H and O–H groups in total. The Morgan fingerprint density at radius 2 is 2.42 bits per heavy atom. The Balaban J connectivity index is 2.46. The minimum absolute atomic E-state index is 0.264. The van der Waals surface area contributed by atoms with E-state index in [1.54, 1.807) is 12.3 Å². The highest BCUT2D eigenvalue weighted by Gasteiger charge is 2.00. The Morgan fingerprint density at radius 1 is 1.58 bits per heavy atom. The Labute approximate surface area is 71.4 Å². The first-order valence-corrected chi connectivity index (χ1v) is 4.01. The van der Waals surface area contributed by atoms with Gasteiger partial charge < -0.3 is 4.74 Å². The van der Waals surface area contributed by atoms with Crippen molar-refractivity contribution in [2.45, 2.75) is 20.0 Å². The van der Waals surface area contributed by atoms with E-state index in [4.69, 9.17) is 4.74 Å². The van der Waals surface area contributed by atoms with E-state index in [1.807, 2.05) is 6.92 Å². The Bertz CT molecular complexity index is 240. The minimum atomic E-state index is -0.298. The summed E-state index contributed by atoms with van der Waals surface area (Å²) in [7, 11) is 0. The first-order chi connectivity index (χ1) is 5.84. The molecule has 0 bridgehead atoms. The van der Waals surface area contributed by atoms with Gasteiger partial charge in [0, 0.05) is 12.8 Å². The van der Waals surface area contributed by atoms with Gasteiger partial charge in [-0.25, -0.2) is 4.39 Å². The number of pyridine rings is 1. The Kier molecular flexibility index (Phi) is 3.67. The molecule has 0 saturated heterocycles. The van der Waals surface area contributed by atoms with Crippen LogP contribution in [0.1, 0.15) is 19.0 Å². The lowest BCUT2D eigenvalue weighted by Crippen LogP contribution is -1.99. The molecule has 2 nitrogen and oxygen atoms in total. The van der Waals surface area contributed by atoms with Crippen LogP contribution in [0.25, 0.3) is 0 Å². The fraction of sp³-hybridized carbons (Fsp3) is 0.444. The van der Waals surface area contributed by atoms with Crippen molar-refractivity contribution in [1.82, 2.24) is 4.98 Å². The third-order valence-corrected chi connectivity index (χ3v) is 1.42. The van der Waals surface area contributed by atoms with E-state index in [0.717, 1.165) is 6.42 Å². The van der Waals surface area contributed by atoms with Crippen LogP contribution in [0.3, 0.4) is 0 Å². The van der Waals surface area contributed by atoms with E-state index in [1.165, 1.54) is 6.07 Å². The summed E-state index contributed by atoms with van der Waals surface area (Å²) >= 11 is 0. The zero-order valence-corrected chi connectivity index (χ0v) is 7.09. The van der Waals surface area contributed by atoms with Gasteiger partial charge in [0.25, 0.3) is 0 Å². The van der Waals surface area contributed by atoms with Gasteiger partial charge in [-0.2, -0.15) is 0 Å². The number of aromatic nitrogens is 1. The summed E-state index contributed by atoms with van der Waals surface area (Å²) in [6.07, 6.45) is 2.50. The maximum atomic E-state index is 12.9. The molecule has 0 spiro atoms. The van der Waals surface area contributed by atoms with Crippen LogP contribution in [0.5, 0.6) is 0 Å². The molecule has 12 heavy (non-hydrogen) atoms. The quantitative estimate of drug-likeness (QED) is 0.644. The second-order valence-corrected chi connectivity index (χ2v) is 2.48. The van der Waals surface area contributed by atoms with Crippen molar-refractivity contribution in [2.75, 3.05) is 6.61 Å². The Hall–Kier alpha value is -0.960. The van der Waals surface area contributed by atoms with Gasteiger partial charge >= 0.3 is 0 Å². The molecule has 0 saturated carbocycles. The van der Waals surface area contributed by atoms with Crippen LogP contribution in [0, 0.1) is 5.82 Å². The van der Waals surface area contributed by atoms with Gasteiger partial charge in [0.15, 0.2) is 0 Å². The standard InChI is InChI=1S/C9H12FNO/c1-2-6-12-7-9-8(10)4-3-5-11-9/h3-5H,2,6-7H2,1H3. The normalized spacial score (nSPS) is 10.2. The molecule has 0 amide bonds. The van der Waals surface area contributed by atoms with E-state index in [-0.39, 0.29) is 12.4 Å². The molecule has 1 aromatic rings. The summed E-state index contributed by atoms with van der Waals surface area (Å²) in [6, 6.07) is 2.95. The smallest absolute Gasteiger partial charge is 0.147 e. The number of nitrogens with zero attached hydrogens (tertiary/aromatic N) is 1. The molecule has 1 rings (SSSR count). The fourth-order valence-corrected chi connectivity index (χ4v) is 0.838. The summed E-state index contributed by atoms with van der Waals surface area (Å²) < 4.78 is 18.0. The minimum Gasteiger partial charge on any atom is -0.375 e. The number of hydrogen-bond acceptors (Lipinski definition) is 2. The number of rotatable bonds is 4. The highest BCUT2D eigenvalue weighted by atomic mass is 19.1. The van der Waals surface area contributed by atoms with Crippen molar-refractivity contribution >= 4 is 0 Å². The van der Waals surface area contributed by atoms with E-state index in [0.29, 0.717) is 12.3 Å². The van der Waals surface area contributed by atoms with Crippen LogP contribution in [-0.2, 0) is 11.3 Å². The van der Waals surface area contributed by atoms with Gasteiger partial charge in [-0.05, 0) is 18.6 Å². The van der Waals surface area contributed by atoms with Crippen LogP contribution in [0.15, 0.2) is 18.3 Å². The van der Waals surface area contributed by atoms with Gasteiger partial charge in [-0.3, -0.25) is 4.98 Å². The average molecular weight is 169 g/mol. The SMILES string of the molecule is CCCOCc1ncccc1F. The van der Waals surface area contributed by atoms with Gasteiger partial charge in [-0.1, -0.05) is 6.92 Å². The third-order valence-electron chi connectivity index (χ3n) is 1.42. The number of halogens is 1. The van der Waals surface area contributed by atoms with Crippen LogP contribution in [-0.4, -0.2) is 11.6 Å². The predicted octanol–water partition coefficient (Wildman–Crippen LogP) is 2.15. The van der Waals surface area contributed by atoms with Crippen molar-refractivity contribution < 1.29 is 9.13 Å². The second kappa shape index (κ2) is 4.83. The lowest BCUT2D eigenvalue weighted by Gasteiger charge is -2.01. The molecule has 66 valence electrons. The highest BCUT2D eigenvalue weighted by molar-refractivity contribution is 5.05. The monoisotopic (exact) mass is 169 g/mol. The summed E-state index contributed by atoms with van der Waals surface area (Å²) in [4.78, 5) is 3.85. The number of ether oxygens (including phenoxy) is 1. The molecule has 1 aromatic heterocycles. The summed E-state index contributed by atoms with van der Waals surface area (Å²) in [5.41, 5.74) is 0.381. The van der Waals surface area contributed by atoms with E-state index in [9.17, 15) is 4.39 Å². The average Bonchev–Trinajstić information content (AvgIpc) is 2.09. The lowest BCUT2D eigenvalue weighted by molar-refractivity contribution is 0.116. The maximum absolute atomic E-state index is 12.9. The largest absolute Gasteiger partial charge is 0.375 e. The van der Waals surface area contributed by atoms with Gasteiger partial charge in [-0.15, -0.1) is 0 Å². The fourth-order valence-electron chi connectivity index (χ4n) is 0.838. The predicted molar refractivity (Wildman–Crippen MR) is 44.1 cm³/mol. The van der Waals surface area contributed by atoms with Crippen molar-refractivity contribution in [1.29, 1.82) is 0 Å². The van der Waals surface area contributed by atoms with Crippen molar-refractivity contribution in [2.24, 2.45) is 0 Å². The molecule has 0 aliphatic heterocycles. The van der Waals surface area contributed by atoms with E-state index >= 15 is 0 Å². The van der Waals surface area contributed by atoms with Crippen LogP contribution in [0.4, 0.5) is 4.39 Å². The van der Waals surface area contributed by atoms with Crippen LogP contribution < -0.4 is 0 Å². The zero-order valence-electron chi connectivity index (χ0n) is 7.09. The Morgan fingerprint density at radius 3 is 3.08 bits per heavy atom. The van der Waals surface area contributed by atoms with Crippen molar-refractivity contribution in [3.05, 3.63) is 29.8 Å². The third kappa shape index (κ3) is 2.58. The molecule has 0 aliphatic rings. The van der Waals surface area contributed by atoms with Crippen LogP contribution >= 0.6 is 0 Å². The second-order valence-electron chi connectivity index (χ2n) is 2.48. The molecule has 0 aliphatic carbocycles. The van der Waals surface area contributed by atoms with Crippen LogP contribution in [0.2, 0.25) is 0 Å². The van der Waals surface area contributed by atoms with Crippen molar-refractivity contribution in [3.63, 3.8) is 0 Å². The lowest BCUT2D eigenvalue weighted by atomic mass is 10.3. The summed E-state index contributed by atoms with van der Waals surface area (Å²) in [6.45, 7) is 2.92. The molecule has 1 heterocycles. The first kappa shape index (κ1) is 9.13. The molecule has 0 unspecified atom stereocenters. The van der Waals surface area contributed by atoms with Gasteiger partial charge in [0.2, 0.25) is 0 Å². The highest BCUT2D eigenvalue weighted by Crippen LogP contribution is 2.03. The van der Waals surface area contributed by atoms with Gasteiger partial charge in [0.1, 0.15) is 11.5 Å². The molecule has 0 radical (unpaired) electrons. The molecular formula is C9H12FNO. The topological polar surface area (TPSA) is 22.1 Å². The molecule has 3 heteroatoms. The molecule has 0 aromatic carbocycles. The van der Waals surface area contributed by atoms with E-state index in [2.05, 4.69) is 4.98 Å². The van der Waals surface area contributed by atoms with Gasteiger partial charge in [0.05, 0.1) is 6.61 Å². The zero-order chi connectivity index (χ0) is 8.81. The number of hydrogen-bond donors (Lipinski definition) is 0.